The second kappa shape index (κ2) is 6.75. The van der Waals surface area contributed by atoms with Crippen LogP contribution in [0.25, 0.3) is 0 Å². The maximum Gasteiger partial charge on any atom is 0.326 e. The average molecular weight is 277 g/mol. The van der Waals surface area contributed by atoms with Crippen LogP contribution < -0.4 is 10.1 Å². The molecule has 4 nitrogen and oxygen atoms in total. The van der Waals surface area contributed by atoms with Crippen LogP contribution in [0.3, 0.4) is 0 Å². The van der Waals surface area contributed by atoms with Gasteiger partial charge < -0.3 is 9.47 Å². The molecule has 1 aliphatic carbocycles. The predicted molar refractivity (Wildman–Crippen MR) is 78.0 cm³/mol. The molecule has 2 rings (SSSR count). The van der Waals surface area contributed by atoms with Crippen molar-refractivity contribution in [2.45, 2.75) is 44.7 Å². The van der Waals surface area contributed by atoms with Crippen molar-refractivity contribution in [1.29, 1.82) is 0 Å². The summed E-state index contributed by atoms with van der Waals surface area (Å²) in [6.45, 7) is 4.61. The van der Waals surface area contributed by atoms with E-state index >= 15 is 0 Å². The lowest BCUT2D eigenvalue weighted by Gasteiger charge is -2.17. The van der Waals surface area contributed by atoms with Crippen LogP contribution in [-0.4, -0.2) is 31.8 Å². The number of ether oxygens (including phenoxy) is 2. The molecule has 0 bridgehead atoms. The predicted octanol–water partition coefficient (Wildman–Crippen LogP) is 2.48. The van der Waals surface area contributed by atoms with Gasteiger partial charge in [-0.3, -0.25) is 10.1 Å². The monoisotopic (exact) mass is 277 g/mol. The van der Waals surface area contributed by atoms with Gasteiger partial charge in [0.1, 0.15) is 18.4 Å². The van der Waals surface area contributed by atoms with Crippen molar-refractivity contribution < 1.29 is 14.3 Å². The molecule has 1 unspecified atom stereocenters. The summed E-state index contributed by atoms with van der Waals surface area (Å²) >= 11 is 0. The Kier molecular flexibility index (Phi) is 5.01. The van der Waals surface area contributed by atoms with Gasteiger partial charge >= 0.3 is 5.97 Å². The highest BCUT2D eigenvalue weighted by Crippen LogP contribution is 2.21. The van der Waals surface area contributed by atoms with E-state index in [2.05, 4.69) is 31.3 Å². The number of hydrogen-bond acceptors (Lipinski definition) is 4. The van der Waals surface area contributed by atoms with Crippen LogP contribution in [0.1, 0.15) is 38.2 Å². The van der Waals surface area contributed by atoms with Gasteiger partial charge in [0.2, 0.25) is 0 Å². The van der Waals surface area contributed by atoms with Crippen molar-refractivity contribution in [1.82, 2.24) is 5.32 Å². The Bertz CT molecular complexity index is 438. The fourth-order valence-electron chi connectivity index (χ4n) is 1.99. The standard InChI is InChI=1S/C16H23NO3/c1-11(2)12-4-8-14(9-5-12)20-10-15(16(18)19-3)17-13-6-7-13/h4-5,8-9,11,13,15,17H,6-7,10H2,1-3H3. The van der Waals surface area contributed by atoms with E-state index in [9.17, 15) is 4.79 Å². The lowest BCUT2D eigenvalue weighted by Crippen LogP contribution is -2.43. The molecular weight excluding hydrogens is 254 g/mol. The molecule has 1 N–H and O–H groups in total. The lowest BCUT2D eigenvalue weighted by molar-refractivity contribution is -0.144. The first kappa shape index (κ1) is 14.9. The number of methoxy groups -OCH3 is 1. The summed E-state index contributed by atoms with van der Waals surface area (Å²) in [7, 11) is 1.40. The molecule has 1 aliphatic rings. The summed E-state index contributed by atoms with van der Waals surface area (Å²) < 4.78 is 10.5. The maximum absolute atomic E-state index is 11.7. The molecule has 0 heterocycles. The van der Waals surface area contributed by atoms with E-state index in [4.69, 9.17) is 9.47 Å². The van der Waals surface area contributed by atoms with Crippen molar-refractivity contribution in [2.75, 3.05) is 13.7 Å². The smallest absolute Gasteiger partial charge is 0.326 e. The Morgan fingerprint density at radius 2 is 1.95 bits per heavy atom. The van der Waals surface area contributed by atoms with E-state index in [-0.39, 0.29) is 5.97 Å². The third-order valence-corrected chi connectivity index (χ3v) is 3.46. The molecule has 1 aromatic carbocycles. The quantitative estimate of drug-likeness (QED) is 0.778. The van der Waals surface area contributed by atoms with Crippen LogP contribution in [-0.2, 0) is 9.53 Å². The van der Waals surface area contributed by atoms with Gasteiger partial charge in [-0.15, -0.1) is 0 Å². The summed E-state index contributed by atoms with van der Waals surface area (Å²) in [6, 6.07) is 8.05. The number of benzene rings is 1. The Morgan fingerprint density at radius 1 is 1.30 bits per heavy atom. The van der Waals surface area contributed by atoms with Crippen molar-refractivity contribution in [2.24, 2.45) is 0 Å². The zero-order chi connectivity index (χ0) is 14.5. The zero-order valence-electron chi connectivity index (χ0n) is 12.4. The summed E-state index contributed by atoms with van der Waals surface area (Å²) in [6.07, 6.45) is 2.24. The van der Waals surface area contributed by atoms with Gasteiger partial charge in [0.25, 0.3) is 0 Å². The van der Waals surface area contributed by atoms with E-state index in [1.165, 1.54) is 12.7 Å². The highest BCUT2D eigenvalue weighted by molar-refractivity contribution is 5.75. The molecule has 0 saturated heterocycles. The number of nitrogens with one attached hydrogen (secondary N) is 1. The SMILES string of the molecule is COC(=O)C(COc1ccc(C(C)C)cc1)NC1CC1. The van der Waals surface area contributed by atoms with Crippen molar-refractivity contribution in [3.8, 4) is 5.75 Å². The number of carbonyl (C=O) groups is 1. The number of rotatable bonds is 7. The summed E-state index contributed by atoms with van der Waals surface area (Å²) in [4.78, 5) is 11.7. The second-order valence-corrected chi connectivity index (χ2v) is 5.55. The normalized spacial score (nSPS) is 16.0. The number of esters is 1. The first-order chi connectivity index (χ1) is 9.60. The van der Waals surface area contributed by atoms with E-state index in [0.29, 0.717) is 18.6 Å². The third-order valence-electron chi connectivity index (χ3n) is 3.46. The minimum atomic E-state index is -0.391. The average Bonchev–Trinajstić information content (AvgIpc) is 3.27. The molecular formula is C16H23NO3. The minimum absolute atomic E-state index is 0.268. The van der Waals surface area contributed by atoms with Gasteiger partial charge in [-0.1, -0.05) is 26.0 Å². The molecule has 0 amide bonds. The highest BCUT2D eigenvalue weighted by atomic mass is 16.5. The van der Waals surface area contributed by atoms with Gasteiger partial charge in [0, 0.05) is 6.04 Å². The summed E-state index contributed by atoms with van der Waals surface area (Å²) in [5, 5.41) is 3.24. The second-order valence-electron chi connectivity index (χ2n) is 5.55. The largest absolute Gasteiger partial charge is 0.491 e. The fourth-order valence-corrected chi connectivity index (χ4v) is 1.99. The molecule has 110 valence electrons. The van der Waals surface area contributed by atoms with Crippen LogP contribution in [0.5, 0.6) is 5.75 Å². The van der Waals surface area contributed by atoms with E-state index in [0.717, 1.165) is 18.6 Å². The molecule has 1 aromatic rings. The molecule has 0 spiro atoms. The van der Waals surface area contributed by atoms with Crippen molar-refractivity contribution >= 4 is 5.97 Å². The molecule has 20 heavy (non-hydrogen) atoms. The van der Waals surface area contributed by atoms with Crippen molar-refractivity contribution in [3.63, 3.8) is 0 Å². The molecule has 4 heteroatoms. The minimum Gasteiger partial charge on any atom is -0.491 e. The lowest BCUT2D eigenvalue weighted by atomic mass is 10.0. The van der Waals surface area contributed by atoms with Crippen LogP contribution in [0, 0.1) is 0 Å². The van der Waals surface area contributed by atoms with Gasteiger partial charge in [0.05, 0.1) is 7.11 Å². The Morgan fingerprint density at radius 3 is 2.45 bits per heavy atom. The molecule has 0 aliphatic heterocycles. The van der Waals surface area contributed by atoms with Gasteiger partial charge in [0.15, 0.2) is 0 Å². The number of carbonyl (C=O) groups excluding carboxylic acids is 1. The van der Waals surface area contributed by atoms with Crippen LogP contribution >= 0.6 is 0 Å². The van der Waals surface area contributed by atoms with Crippen LogP contribution in [0.2, 0.25) is 0 Å². The Hall–Kier alpha value is -1.55. The van der Waals surface area contributed by atoms with Crippen LogP contribution in [0.4, 0.5) is 0 Å². The van der Waals surface area contributed by atoms with Gasteiger partial charge in [-0.2, -0.15) is 0 Å². The summed E-state index contributed by atoms with van der Waals surface area (Å²) in [5.41, 5.74) is 1.28. The van der Waals surface area contributed by atoms with Crippen LogP contribution in [0.15, 0.2) is 24.3 Å². The maximum atomic E-state index is 11.7. The van der Waals surface area contributed by atoms with Gasteiger partial charge in [-0.25, -0.2) is 0 Å². The van der Waals surface area contributed by atoms with Gasteiger partial charge in [-0.05, 0) is 36.5 Å². The third kappa shape index (κ3) is 4.23. The van der Waals surface area contributed by atoms with E-state index in [1.807, 2.05) is 12.1 Å². The first-order valence-corrected chi connectivity index (χ1v) is 7.16. The van der Waals surface area contributed by atoms with Crippen molar-refractivity contribution in [3.05, 3.63) is 29.8 Å². The van der Waals surface area contributed by atoms with E-state index < -0.39 is 6.04 Å². The molecule has 1 saturated carbocycles. The Balaban J connectivity index is 1.88. The molecule has 1 fully saturated rings. The molecule has 1 atom stereocenters. The topological polar surface area (TPSA) is 47.6 Å². The zero-order valence-corrected chi connectivity index (χ0v) is 12.4. The molecule has 0 radical (unpaired) electrons. The Labute approximate surface area is 120 Å². The fraction of sp³-hybridized carbons (Fsp3) is 0.562. The first-order valence-electron chi connectivity index (χ1n) is 7.16. The van der Waals surface area contributed by atoms with E-state index in [1.54, 1.807) is 0 Å². The number of hydrogen-bond donors (Lipinski definition) is 1. The summed E-state index contributed by atoms with van der Waals surface area (Å²) in [5.74, 6) is 1.01. The highest BCUT2D eigenvalue weighted by Gasteiger charge is 2.29. The molecule has 0 aromatic heterocycles.